The minimum Gasteiger partial charge on any atom is -0.497 e. The second kappa shape index (κ2) is 7.97. The van der Waals surface area contributed by atoms with Crippen LogP contribution in [0.1, 0.15) is 10.4 Å². The number of methoxy groups -OCH3 is 1. The second-order valence-electron chi connectivity index (χ2n) is 6.58. The first-order valence-corrected chi connectivity index (χ1v) is 10.6. The monoisotopic (exact) mass is 405 g/mol. The highest BCUT2D eigenvalue weighted by molar-refractivity contribution is 7.92. The Morgan fingerprint density at radius 2 is 1.64 bits per heavy atom. The maximum atomic E-state index is 11.7. The molecule has 28 heavy (non-hydrogen) atoms. The summed E-state index contributed by atoms with van der Waals surface area (Å²) in [5, 5.41) is 9.57. The summed E-state index contributed by atoms with van der Waals surface area (Å²) in [7, 11) is -1.84. The molecule has 0 atom stereocenters. The van der Waals surface area contributed by atoms with E-state index in [2.05, 4.69) is 9.62 Å². The van der Waals surface area contributed by atoms with Crippen molar-refractivity contribution in [2.24, 2.45) is 0 Å². The van der Waals surface area contributed by atoms with Crippen molar-refractivity contribution in [3.8, 4) is 5.75 Å². The predicted molar refractivity (Wildman–Crippen MR) is 109 cm³/mol. The van der Waals surface area contributed by atoms with Crippen LogP contribution in [0.3, 0.4) is 0 Å². The molecule has 1 heterocycles. The Kier molecular flexibility index (Phi) is 5.64. The van der Waals surface area contributed by atoms with Gasteiger partial charge in [-0.2, -0.15) is 0 Å². The van der Waals surface area contributed by atoms with Gasteiger partial charge in [-0.05, 0) is 42.5 Å². The fourth-order valence-electron chi connectivity index (χ4n) is 3.26. The van der Waals surface area contributed by atoms with Crippen LogP contribution in [0.5, 0.6) is 5.75 Å². The van der Waals surface area contributed by atoms with E-state index in [1.807, 2.05) is 29.2 Å². The quantitative estimate of drug-likeness (QED) is 0.759. The predicted octanol–water partition coefficient (Wildman–Crippen LogP) is 2.09. The summed E-state index contributed by atoms with van der Waals surface area (Å²) in [6, 6.07) is 12.4. The third kappa shape index (κ3) is 4.66. The number of carboxylic acids is 1. The van der Waals surface area contributed by atoms with E-state index in [4.69, 9.17) is 4.74 Å². The van der Waals surface area contributed by atoms with Gasteiger partial charge in [0, 0.05) is 37.6 Å². The molecule has 8 nitrogen and oxygen atoms in total. The molecular weight excluding hydrogens is 382 g/mol. The summed E-state index contributed by atoms with van der Waals surface area (Å²) in [6.07, 6.45) is 1.03. The molecule has 1 aliphatic rings. The minimum atomic E-state index is -3.47. The summed E-state index contributed by atoms with van der Waals surface area (Å²) in [4.78, 5) is 15.9. The Bertz CT molecular complexity index is 952. The average molecular weight is 405 g/mol. The number of sulfonamides is 1. The van der Waals surface area contributed by atoms with Crippen LogP contribution in [0.4, 0.5) is 17.1 Å². The Labute approximate surface area is 164 Å². The van der Waals surface area contributed by atoms with Gasteiger partial charge in [-0.15, -0.1) is 0 Å². The van der Waals surface area contributed by atoms with Gasteiger partial charge < -0.3 is 19.6 Å². The number of aromatic carboxylic acids is 1. The molecule has 0 spiro atoms. The molecule has 0 saturated carbocycles. The topological polar surface area (TPSA) is 99.2 Å². The molecule has 0 amide bonds. The van der Waals surface area contributed by atoms with E-state index in [0.29, 0.717) is 18.8 Å². The minimum absolute atomic E-state index is 0.0755. The number of ether oxygens (including phenoxy) is 1. The summed E-state index contributed by atoms with van der Waals surface area (Å²) in [5.41, 5.74) is 1.99. The summed E-state index contributed by atoms with van der Waals surface area (Å²) in [5.74, 6) is -0.291. The summed E-state index contributed by atoms with van der Waals surface area (Å²) < 4.78 is 30.3. The van der Waals surface area contributed by atoms with Crippen molar-refractivity contribution in [2.45, 2.75) is 0 Å². The third-order valence-corrected chi connectivity index (χ3v) is 5.19. The molecule has 0 aromatic heterocycles. The molecule has 9 heteroatoms. The Morgan fingerprint density at radius 1 is 1.04 bits per heavy atom. The summed E-state index contributed by atoms with van der Waals surface area (Å²) in [6.45, 7) is 2.81. The number of hydrogen-bond donors (Lipinski definition) is 2. The zero-order valence-electron chi connectivity index (χ0n) is 15.8. The number of rotatable bonds is 6. The van der Waals surface area contributed by atoms with Gasteiger partial charge in [-0.25, -0.2) is 13.2 Å². The van der Waals surface area contributed by atoms with Crippen molar-refractivity contribution in [1.82, 2.24) is 0 Å². The lowest BCUT2D eigenvalue weighted by Gasteiger charge is -2.38. The van der Waals surface area contributed by atoms with Gasteiger partial charge in [0.15, 0.2) is 0 Å². The maximum absolute atomic E-state index is 11.7. The molecule has 2 aromatic rings. The Hall–Kier alpha value is -2.94. The number of nitrogens with one attached hydrogen (secondary N) is 1. The number of piperazine rings is 1. The molecule has 2 aromatic carbocycles. The molecule has 0 unspecified atom stereocenters. The SMILES string of the molecule is COc1ccc(N2CCN(c3ccc(NS(C)(=O)=O)cc3C(=O)O)CC2)cc1. The third-order valence-electron chi connectivity index (χ3n) is 4.59. The van der Waals surface area contributed by atoms with Gasteiger partial charge in [0.25, 0.3) is 0 Å². The molecule has 1 aliphatic heterocycles. The Balaban J connectivity index is 1.74. The highest BCUT2D eigenvalue weighted by atomic mass is 32.2. The molecule has 0 radical (unpaired) electrons. The lowest BCUT2D eigenvalue weighted by Crippen LogP contribution is -2.47. The number of hydrogen-bond acceptors (Lipinski definition) is 6. The summed E-state index contributed by atoms with van der Waals surface area (Å²) >= 11 is 0. The van der Waals surface area contributed by atoms with Gasteiger partial charge in [-0.1, -0.05) is 0 Å². The van der Waals surface area contributed by atoms with Crippen LogP contribution in [0, 0.1) is 0 Å². The molecule has 2 N–H and O–H groups in total. The number of anilines is 3. The Morgan fingerprint density at radius 3 is 2.18 bits per heavy atom. The normalized spacial score (nSPS) is 14.6. The number of benzene rings is 2. The van der Waals surface area contributed by atoms with E-state index in [1.165, 1.54) is 6.07 Å². The highest BCUT2D eigenvalue weighted by Crippen LogP contribution is 2.27. The molecule has 0 aliphatic carbocycles. The number of carbonyl (C=O) groups is 1. The van der Waals surface area contributed by atoms with Crippen LogP contribution in [-0.4, -0.2) is 59.0 Å². The maximum Gasteiger partial charge on any atom is 0.337 e. The zero-order chi connectivity index (χ0) is 20.3. The zero-order valence-corrected chi connectivity index (χ0v) is 16.6. The van der Waals surface area contributed by atoms with Crippen molar-refractivity contribution in [2.75, 3.05) is 54.1 Å². The first-order valence-electron chi connectivity index (χ1n) is 8.76. The van der Waals surface area contributed by atoms with Gasteiger partial charge in [0.2, 0.25) is 10.0 Å². The first-order chi connectivity index (χ1) is 13.3. The standard InChI is InChI=1S/C19H23N3O5S/c1-27-16-6-4-15(5-7-16)21-9-11-22(12-10-21)18-8-3-14(20-28(2,25)26)13-17(18)19(23)24/h3-8,13,20H,9-12H2,1-2H3,(H,23,24). The number of nitrogens with zero attached hydrogens (tertiary/aromatic N) is 2. The fraction of sp³-hybridized carbons (Fsp3) is 0.316. The van der Waals surface area contributed by atoms with Crippen molar-refractivity contribution >= 4 is 33.1 Å². The van der Waals surface area contributed by atoms with Gasteiger partial charge in [0.05, 0.1) is 24.6 Å². The van der Waals surface area contributed by atoms with Crippen LogP contribution in [0.2, 0.25) is 0 Å². The molecule has 1 fully saturated rings. The molecule has 1 saturated heterocycles. The molecular formula is C19H23N3O5S. The molecule has 150 valence electrons. The van der Waals surface area contributed by atoms with Crippen molar-refractivity contribution in [3.05, 3.63) is 48.0 Å². The first kappa shape index (κ1) is 19.8. The van der Waals surface area contributed by atoms with Crippen LogP contribution in [0.15, 0.2) is 42.5 Å². The van der Waals surface area contributed by atoms with Crippen LogP contribution < -0.4 is 19.3 Å². The van der Waals surface area contributed by atoms with E-state index in [-0.39, 0.29) is 11.3 Å². The lowest BCUT2D eigenvalue weighted by molar-refractivity contribution is 0.0697. The van der Waals surface area contributed by atoms with E-state index in [1.54, 1.807) is 19.2 Å². The number of carboxylic acid groups (broad SMARTS) is 1. The van der Waals surface area contributed by atoms with E-state index in [0.717, 1.165) is 30.8 Å². The molecule has 0 bridgehead atoms. The second-order valence-corrected chi connectivity index (χ2v) is 8.33. The van der Waals surface area contributed by atoms with Crippen LogP contribution >= 0.6 is 0 Å². The molecule has 3 rings (SSSR count). The van der Waals surface area contributed by atoms with Crippen LogP contribution in [0.25, 0.3) is 0 Å². The van der Waals surface area contributed by atoms with Crippen molar-refractivity contribution in [3.63, 3.8) is 0 Å². The van der Waals surface area contributed by atoms with Gasteiger partial charge >= 0.3 is 5.97 Å². The van der Waals surface area contributed by atoms with Gasteiger partial charge in [-0.3, -0.25) is 4.72 Å². The smallest absolute Gasteiger partial charge is 0.337 e. The van der Waals surface area contributed by atoms with Crippen molar-refractivity contribution < 1.29 is 23.1 Å². The van der Waals surface area contributed by atoms with E-state index in [9.17, 15) is 18.3 Å². The lowest BCUT2D eigenvalue weighted by atomic mass is 10.1. The fourth-order valence-corrected chi connectivity index (χ4v) is 3.81. The highest BCUT2D eigenvalue weighted by Gasteiger charge is 2.22. The largest absolute Gasteiger partial charge is 0.497 e. The van der Waals surface area contributed by atoms with Gasteiger partial charge in [0.1, 0.15) is 5.75 Å². The average Bonchev–Trinajstić information content (AvgIpc) is 2.67. The van der Waals surface area contributed by atoms with Crippen LogP contribution in [-0.2, 0) is 10.0 Å². The van der Waals surface area contributed by atoms with Crippen molar-refractivity contribution in [1.29, 1.82) is 0 Å². The van der Waals surface area contributed by atoms with E-state index < -0.39 is 16.0 Å². The van der Waals surface area contributed by atoms with E-state index >= 15 is 0 Å².